The summed E-state index contributed by atoms with van der Waals surface area (Å²) in [6, 6.07) is 0. The van der Waals surface area contributed by atoms with Gasteiger partial charge in [-0.05, 0) is 16.5 Å². The van der Waals surface area contributed by atoms with Gasteiger partial charge in [0.2, 0.25) is 0 Å². The second-order valence-corrected chi connectivity index (χ2v) is 5.75. The van der Waals surface area contributed by atoms with E-state index in [9.17, 15) is 4.79 Å². The fourth-order valence-electron chi connectivity index (χ4n) is 2.31. The van der Waals surface area contributed by atoms with Crippen molar-refractivity contribution in [1.29, 1.82) is 0 Å². The Hall–Kier alpha value is -0.970. The highest BCUT2D eigenvalue weighted by molar-refractivity contribution is 5.55. The maximum Gasteiger partial charge on any atom is 0.540 e. The van der Waals surface area contributed by atoms with Crippen LogP contribution in [0.25, 0.3) is 0 Å². The fourth-order valence-corrected chi connectivity index (χ4v) is 2.31. The number of rotatable bonds is 20. The van der Waals surface area contributed by atoms with Crippen LogP contribution in [0.5, 0.6) is 0 Å². The van der Waals surface area contributed by atoms with E-state index in [-0.39, 0.29) is 0 Å². The average molecular weight is 368 g/mol. The van der Waals surface area contributed by atoms with E-state index in [1.165, 1.54) is 70.6 Å². The Morgan fingerprint density at radius 3 is 1.60 bits per heavy atom. The van der Waals surface area contributed by atoms with Crippen LogP contribution in [0.1, 0.15) is 90.4 Å². The van der Waals surface area contributed by atoms with Gasteiger partial charge >= 0.3 is 6.16 Å². The maximum atomic E-state index is 9.81. The zero-order chi connectivity index (χ0) is 18.4. The van der Waals surface area contributed by atoms with Gasteiger partial charge in [-0.15, -0.1) is 0 Å². The normalized spacial score (nSPS) is 10.9. The predicted molar refractivity (Wildman–Crippen MR) is 86.2 cm³/mol. The van der Waals surface area contributed by atoms with Crippen molar-refractivity contribution in [3.05, 3.63) is 0 Å². The molecule has 0 fully saturated rings. The molecule has 9 heteroatoms. The molecule has 0 heterocycles. The molecule has 0 aromatic carbocycles. The molecule has 0 bridgehead atoms. The van der Waals surface area contributed by atoms with Crippen molar-refractivity contribution >= 4 is 6.16 Å². The first-order chi connectivity index (χ1) is 12.3. The molecule has 0 aliphatic carbocycles. The lowest BCUT2D eigenvalue weighted by Gasteiger charge is -2.03. The van der Waals surface area contributed by atoms with E-state index >= 15 is 0 Å². The zero-order valence-corrected chi connectivity index (χ0v) is 15.1. The molecule has 0 aromatic heterocycles. The van der Waals surface area contributed by atoms with Crippen molar-refractivity contribution in [1.82, 2.24) is 0 Å². The van der Waals surface area contributed by atoms with Gasteiger partial charge in [-0.25, -0.2) is 14.6 Å². The molecule has 0 amide bonds. The fraction of sp³-hybridized carbons (Fsp3) is 0.938. The molecule has 0 saturated carbocycles. The van der Waals surface area contributed by atoms with Crippen molar-refractivity contribution in [2.45, 2.75) is 90.4 Å². The molecule has 0 aliphatic rings. The highest BCUT2D eigenvalue weighted by atomic mass is 17.9. The summed E-state index contributed by atoms with van der Waals surface area (Å²) >= 11 is 0. The lowest BCUT2D eigenvalue weighted by Crippen LogP contribution is -2.05. The summed E-state index contributed by atoms with van der Waals surface area (Å²) in [7, 11) is 0. The summed E-state index contributed by atoms with van der Waals surface area (Å²) in [6.07, 6.45) is 14.8. The van der Waals surface area contributed by atoms with Gasteiger partial charge in [0, 0.05) is 15.1 Å². The third-order valence-electron chi connectivity index (χ3n) is 3.60. The number of carbonyl (C=O) groups is 1. The monoisotopic (exact) mass is 368 g/mol. The Morgan fingerprint density at radius 2 is 1.08 bits per heavy atom. The van der Waals surface area contributed by atoms with Crippen LogP contribution in [-0.4, -0.2) is 17.9 Å². The zero-order valence-electron chi connectivity index (χ0n) is 15.1. The van der Waals surface area contributed by atoms with E-state index in [1.54, 1.807) is 0 Å². The molecule has 150 valence electrons. The van der Waals surface area contributed by atoms with E-state index in [0.29, 0.717) is 6.61 Å². The summed E-state index contributed by atoms with van der Waals surface area (Å²) in [4.78, 5) is 17.9. The molecule has 0 saturated heterocycles. The summed E-state index contributed by atoms with van der Waals surface area (Å²) in [5.74, 6) is 0. The number of unbranched alkanes of at least 4 members (excludes halogenated alkanes) is 12. The van der Waals surface area contributed by atoms with E-state index < -0.39 is 6.16 Å². The first-order valence-electron chi connectivity index (χ1n) is 9.13. The standard InChI is InChI=1S/C16H32O9/c1-2-3-4-5-6-7-8-9-10-11-12-13-14-15-19-21-23-25-24-22-20-16(17)18/h2-15H2,1H3,(H,17,18). The van der Waals surface area contributed by atoms with Crippen LogP contribution in [0.2, 0.25) is 0 Å². The average Bonchev–Trinajstić information content (AvgIpc) is 2.60. The van der Waals surface area contributed by atoms with Gasteiger partial charge in [-0.1, -0.05) is 84.0 Å². The summed E-state index contributed by atoms with van der Waals surface area (Å²) in [5.41, 5.74) is 0. The van der Waals surface area contributed by atoms with Crippen LogP contribution < -0.4 is 0 Å². The molecule has 0 aliphatic heterocycles. The largest absolute Gasteiger partial charge is 0.540 e. The van der Waals surface area contributed by atoms with Crippen LogP contribution in [-0.2, 0) is 35.0 Å². The molecule has 25 heavy (non-hydrogen) atoms. The minimum Gasteiger partial charge on any atom is -0.448 e. The minimum absolute atomic E-state index is 0.341. The Bertz CT molecular complexity index is 276. The van der Waals surface area contributed by atoms with Gasteiger partial charge in [0.1, 0.15) is 0 Å². The van der Waals surface area contributed by atoms with Crippen molar-refractivity contribution in [2.24, 2.45) is 0 Å². The number of hydrogen-bond acceptors (Lipinski definition) is 8. The van der Waals surface area contributed by atoms with Crippen molar-refractivity contribution in [2.75, 3.05) is 6.61 Å². The lowest BCUT2D eigenvalue weighted by molar-refractivity contribution is -0.785. The second-order valence-electron chi connectivity index (χ2n) is 5.75. The summed E-state index contributed by atoms with van der Waals surface area (Å²) in [6.45, 7) is 2.59. The molecule has 0 atom stereocenters. The SMILES string of the molecule is CCCCCCCCCCCCCCCOOOOOOOC(=O)O. The molecule has 0 spiro atoms. The van der Waals surface area contributed by atoms with E-state index in [0.717, 1.165) is 12.8 Å². The summed E-state index contributed by atoms with van der Waals surface area (Å²) in [5, 5.41) is 26.9. The quantitative estimate of drug-likeness (QED) is 0.173. The first-order valence-corrected chi connectivity index (χ1v) is 9.13. The summed E-state index contributed by atoms with van der Waals surface area (Å²) < 4.78 is 0. The molecule has 0 aromatic rings. The van der Waals surface area contributed by atoms with Crippen molar-refractivity contribution in [3.8, 4) is 0 Å². The van der Waals surface area contributed by atoms with Gasteiger partial charge in [0.25, 0.3) is 0 Å². The van der Waals surface area contributed by atoms with Gasteiger partial charge in [0.15, 0.2) is 0 Å². The first kappa shape index (κ1) is 24.0. The second kappa shape index (κ2) is 21.1. The van der Waals surface area contributed by atoms with Gasteiger partial charge in [0.05, 0.1) is 6.61 Å². The smallest absolute Gasteiger partial charge is 0.448 e. The van der Waals surface area contributed by atoms with Gasteiger partial charge in [-0.2, -0.15) is 0 Å². The Balaban J connectivity index is 2.97. The van der Waals surface area contributed by atoms with Crippen LogP contribution in [0, 0.1) is 0 Å². The van der Waals surface area contributed by atoms with Crippen LogP contribution in [0.4, 0.5) is 4.79 Å². The van der Waals surface area contributed by atoms with Gasteiger partial charge < -0.3 is 5.11 Å². The maximum absolute atomic E-state index is 9.81. The lowest BCUT2D eigenvalue weighted by atomic mass is 10.0. The number of carboxylic acid groups (broad SMARTS) is 1. The minimum atomic E-state index is -1.71. The van der Waals surface area contributed by atoms with E-state index in [1.807, 2.05) is 0 Å². The van der Waals surface area contributed by atoms with Crippen LogP contribution in [0.15, 0.2) is 0 Å². The molecule has 9 nitrogen and oxygen atoms in total. The molecule has 1 N–H and O–H groups in total. The molecular formula is C16H32O9. The predicted octanol–water partition coefficient (Wildman–Crippen LogP) is 5.36. The Morgan fingerprint density at radius 1 is 0.640 bits per heavy atom. The van der Waals surface area contributed by atoms with E-state index in [2.05, 4.69) is 41.9 Å². The highest BCUT2D eigenvalue weighted by Crippen LogP contribution is 2.12. The van der Waals surface area contributed by atoms with E-state index in [4.69, 9.17) is 5.11 Å². The molecule has 0 unspecified atom stereocenters. The number of hydrogen-bond donors (Lipinski definition) is 1. The third kappa shape index (κ3) is 23.0. The third-order valence-corrected chi connectivity index (χ3v) is 3.60. The Kier molecular flexibility index (Phi) is 20.3. The van der Waals surface area contributed by atoms with Crippen LogP contribution >= 0.6 is 0 Å². The van der Waals surface area contributed by atoms with Crippen LogP contribution in [0.3, 0.4) is 0 Å². The van der Waals surface area contributed by atoms with Crippen molar-refractivity contribution in [3.63, 3.8) is 0 Å². The van der Waals surface area contributed by atoms with Crippen molar-refractivity contribution < 1.29 is 44.9 Å². The topological polar surface area (TPSA) is 102 Å². The van der Waals surface area contributed by atoms with Gasteiger partial charge in [-0.3, -0.25) is 0 Å². The molecule has 0 rings (SSSR count). The molecular weight excluding hydrogens is 336 g/mol. The molecule has 0 radical (unpaired) electrons. The Labute approximate surface area is 149 Å². The highest BCUT2D eigenvalue weighted by Gasteiger charge is 2.00.